The van der Waals surface area contributed by atoms with E-state index in [-0.39, 0.29) is 5.78 Å². The van der Waals surface area contributed by atoms with E-state index in [4.69, 9.17) is 0 Å². The van der Waals surface area contributed by atoms with E-state index < -0.39 is 0 Å². The summed E-state index contributed by atoms with van der Waals surface area (Å²) < 4.78 is 0. The van der Waals surface area contributed by atoms with Crippen LogP contribution in [-0.2, 0) is 0 Å². The van der Waals surface area contributed by atoms with Crippen LogP contribution in [0, 0.1) is 13.8 Å². The first kappa shape index (κ1) is 9.77. The highest BCUT2D eigenvalue weighted by atomic mass is 16.1. The van der Waals surface area contributed by atoms with Crippen LogP contribution in [0.3, 0.4) is 0 Å². The van der Waals surface area contributed by atoms with Crippen molar-refractivity contribution in [1.82, 2.24) is 9.97 Å². The van der Waals surface area contributed by atoms with Crippen LogP contribution in [0.4, 0.5) is 0 Å². The molecule has 0 saturated heterocycles. The highest BCUT2D eigenvalue weighted by Gasteiger charge is 2.07. The van der Waals surface area contributed by atoms with E-state index in [1.54, 1.807) is 0 Å². The maximum Gasteiger partial charge on any atom is 0.196 e. The monoisotopic (exact) mass is 200 g/mol. The number of fused-ring (bicyclic) bond motifs is 1. The average molecular weight is 200 g/mol. The molecule has 0 fully saturated rings. The summed E-state index contributed by atoms with van der Waals surface area (Å²) in [4.78, 5) is 19.6. The Bertz CT molecular complexity index is 547. The molecule has 0 saturated carbocycles. The van der Waals surface area contributed by atoms with E-state index in [2.05, 4.69) is 9.97 Å². The smallest absolute Gasteiger partial charge is 0.196 e. The largest absolute Gasteiger partial charge is 0.291 e. The highest BCUT2D eigenvalue weighted by Crippen LogP contribution is 2.16. The number of rotatable bonds is 1. The summed E-state index contributed by atoms with van der Waals surface area (Å²) in [6, 6.07) is 5.94. The summed E-state index contributed by atoms with van der Waals surface area (Å²) in [5, 5.41) is 1.01. The van der Waals surface area contributed by atoms with Crippen molar-refractivity contribution >= 4 is 16.7 Å². The Morgan fingerprint density at radius 3 is 2.60 bits per heavy atom. The van der Waals surface area contributed by atoms with E-state index in [1.807, 2.05) is 32.0 Å². The molecule has 1 heterocycles. The molecule has 3 heteroatoms. The molecule has 3 nitrogen and oxygen atoms in total. The Kier molecular flexibility index (Phi) is 2.23. The minimum Gasteiger partial charge on any atom is -0.291 e. The van der Waals surface area contributed by atoms with Gasteiger partial charge >= 0.3 is 0 Å². The minimum absolute atomic E-state index is 0.0967. The lowest BCUT2D eigenvalue weighted by atomic mass is 10.1. The molecule has 15 heavy (non-hydrogen) atoms. The zero-order valence-corrected chi connectivity index (χ0v) is 9.03. The van der Waals surface area contributed by atoms with Gasteiger partial charge in [-0.05, 0) is 26.0 Å². The minimum atomic E-state index is -0.0967. The molecule has 0 spiro atoms. The van der Waals surface area contributed by atoms with Crippen LogP contribution in [0.5, 0.6) is 0 Å². The SMILES string of the molecule is CC(=O)c1nc(C)c2cc(C)ccc2n1. The van der Waals surface area contributed by atoms with Gasteiger partial charge in [0.05, 0.1) is 5.52 Å². The molecule has 0 atom stereocenters. The lowest BCUT2D eigenvalue weighted by Gasteiger charge is -2.04. The van der Waals surface area contributed by atoms with Crippen LogP contribution in [-0.4, -0.2) is 15.8 Å². The van der Waals surface area contributed by atoms with Gasteiger partial charge in [-0.25, -0.2) is 9.97 Å². The first-order chi connectivity index (χ1) is 7.08. The Morgan fingerprint density at radius 2 is 1.93 bits per heavy atom. The second-order valence-electron chi connectivity index (χ2n) is 3.71. The molecule has 2 rings (SSSR count). The molecule has 1 aromatic carbocycles. The molecule has 76 valence electrons. The van der Waals surface area contributed by atoms with Crippen LogP contribution in [0.2, 0.25) is 0 Å². The lowest BCUT2D eigenvalue weighted by molar-refractivity contribution is 0.100. The third-order valence-corrected chi connectivity index (χ3v) is 2.36. The van der Waals surface area contributed by atoms with Crippen molar-refractivity contribution in [2.45, 2.75) is 20.8 Å². The quantitative estimate of drug-likeness (QED) is 0.664. The van der Waals surface area contributed by atoms with Crippen molar-refractivity contribution in [3.8, 4) is 0 Å². The van der Waals surface area contributed by atoms with Crippen molar-refractivity contribution in [1.29, 1.82) is 0 Å². The van der Waals surface area contributed by atoms with Gasteiger partial charge in [0.15, 0.2) is 11.6 Å². The summed E-state index contributed by atoms with van der Waals surface area (Å²) in [5.74, 6) is 0.199. The van der Waals surface area contributed by atoms with E-state index in [0.717, 1.165) is 16.6 Å². The van der Waals surface area contributed by atoms with Gasteiger partial charge in [-0.3, -0.25) is 4.79 Å². The molecule has 0 amide bonds. The number of aromatic nitrogens is 2. The van der Waals surface area contributed by atoms with Gasteiger partial charge in [0.2, 0.25) is 0 Å². The number of Topliss-reactive ketones (excluding diaryl/α,β-unsaturated/α-hetero) is 1. The number of carbonyl (C=O) groups is 1. The van der Waals surface area contributed by atoms with E-state index in [9.17, 15) is 4.79 Å². The molecule has 0 aliphatic carbocycles. The second kappa shape index (κ2) is 3.42. The Labute approximate surface area is 88.2 Å². The fourth-order valence-electron chi connectivity index (χ4n) is 1.55. The van der Waals surface area contributed by atoms with Gasteiger partial charge in [-0.2, -0.15) is 0 Å². The van der Waals surface area contributed by atoms with Crippen molar-refractivity contribution in [2.75, 3.05) is 0 Å². The maximum atomic E-state index is 11.2. The van der Waals surface area contributed by atoms with Gasteiger partial charge in [0.1, 0.15) is 0 Å². The van der Waals surface area contributed by atoms with Crippen molar-refractivity contribution in [3.05, 3.63) is 35.3 Å². The van der Waals surface area contributed by atoms with Gasteiger partial charge in [-0.15, -0.1) is 0 Å². The fraction of sp³-hybridized carbons (Fsp3) is 0.250. The Hall–Kier alpha value is -1.77. The topological polar surface area (TPSA) is 42.9 Å². The Morgan fingerprint density at radius 1 is 1.20 bits per heavy atom. The van der Waals surface area contributed by atoms with Crippen LogP contribution in [0.15, 0.2) is 18.2 Å². The van der Waals surface area contributed by atoms with Gasteiger partial charge in [-0.1, -0.05) is 11.6 Å². The zero-order chi connectivity index (χ0) is 11.0. The number of nitrogens with zero attached hydrogens (tertiary/aromatic N) is 2. The molecule has 0 radical (unpaired) electrons. The average Bonchev–Trinajstić information content (AvgIpc) is 2.18. The number of hydrogen-bond acceptors (Lipinski definition) is 3. The maximum absolute atomic E-state index is 11.2. The second-order valence-corrected chi connectivity index (χ2v) is 3.71. The summed E-state index contributed by atoms with van der Waals surface area (Å²) in [6.45, 7) is 5.41. The first-order valence-electron chi connectivity index (χ1n) is 4.84. The molecule has 0 aliphatic rings. The van der Waals surface area contributed by atoms with E-state index in [0.29, 0.717) is 5.82 Å². The molecule has 0 aliphatic heterocycles. The predicted octanol–water partition coefficient (Wildman–Crippen LogP) is 2.45. The summed E-state index contributed by atoms with van der Waals surface area (Å²) >= 11 is 0. The van der Waals surface area contributed by atoms with Crippen molar-refractivity contribution < 1.29 is 4.79 Å². The molecular formula is C12H12N2O. The highest BCUT2D eigenvalue weighted by molar-refractivity contribution is 5.93. The van der Waals surface area contributed by atoms with Crippen LogP contribution >= 0.6 is 0 Å². The number of carbonyl (C=O) groups excluding carboxylic acids is 1. The van der Waals surface area contributed by atoms with Crippen molar-refractivity contribution in [2.24, 2.45) is 0 Å². The van der Waals surface area contributed by atoms with Crippen molar-refractivity contribution in [3.63, 3.8) is 0 Å². The van der Waals surface area contributed by atoms with Crippen LogP contribution in [0.25, 0.3) is 10.9 Å². The number of hydrogen-bond donors (Lipinski definition) is 0. The number of benzene rings is 1. The summed E-state index contributed by atoms with van der Waals surface area (Å²) in [6.07, 6.45) is 0. The fourth-order valence-corrected chi connectivity index (χ4v) is 1.55. The zero-order valence-electron chi connectivity index (χ0n) is 9.03. The molecule has 0 unspecified atom stereocenters. The van der Waals surface area contributed by atoms with E-state index in [1.165, 1.54) is 12.5 Å². The Balaban J connectivity index is 2.78. The van der Waals surface area contributed by atoms with Gasteiger partial charge in [0, 0.05) is 18.0 Å². The third kappa shape index (κ3) is 1.73. The van der Waals surface area contributed by atoms with Crippen LogP contribution in [0.1, 0.15) is 28.8 Å². The molecule has 2 aromatic rings. The lowest BCUT2D eigenvalue weighted by Crippen LogP contribution is -2.03. The summed E-state index contributed by atoms with van der Waals surface area (Å²) in [7, 11) is 0. The molecule has 0 bridgehead atoms. The first-order valence-corrected chi connectivity index (χ1v) is 4.84. The van der Waals surface area contributed by atoms with Crippen LogP contribution < -0.4 is 0 Å². The standard InChI is InChI=1S/C12H12N2O/c1-7-4-5-11-10(6-7)8(2)13-12(14-11)9(3)15/h4-6H,1-3H3. The van der Waals surface area contributed by atoms with E-state index >= 15 is 0 Å². The normalized spacial score (nSPS) is 10.6. The molecule has 1 aromatic heterocycles. The number of ketones is 1. The summed E-state index contributed by atoms with van der Waals surface area (Å²) in [5.41, 5.74) is 2.86. The van der Waals surface area contributed by atoms with Gasteiger partial charge in [0.25, 0.3) is 0 Å². The third-order valence-electron chi connectivity index (χ3n) is 2.36. The number of aryl methyl sites for hydroxylation is 2. The predicted molar refractivity (Wildman–Crippen MR) is 59.0 cm³/mol. The molecular weight excluding hydrogens is 188 g/mol. The van der Waals surface area contributed by atoms with Gasteiger partial charge < -0.3 is 0 Å². The molecule has 0 N–H and O–H groups in total.